The third-order valence-electron chi connectivity index (χ3n) is 5.33. The van der Waals surface area contributed by atoms with E-state index in [1.165, 1.54) is 0 Å². The van der Waals surface area contributed by atoms with Crippen LogP contribution in [0, 0.1) is 5.92 Å². The average molecular weight is 352 g/mol. The maximum absolute atomic E-state index is 12.8. The van der Waals surface area contributed by atoms with Crippen LogP contribution in [0.15, 0.2) is 47.3 Å². The minimum absolute atomic E-state index is 0.100. The molecule has 2 aliphatic rings. The Morgan fingerprint density at radius 1 is 1.12 bits per heavy atom. The molecule has 2 aromatic rings. The van der Waals surface area contributed by atoms with E-state index in [0.29, 0.717) is 24.1 Å². The van der Waals surface area contributed by atoms with Gasteiger partial charge in [-0.25, -0.2) is 4.79 Å². The van der Waals surface area contributed by atoms with Gasteiger partial charge in [0.2, 0.25) is 0 Å². The van der Waals surface area contributed by atoms with Gasteiger partial charge in [0.05, 0.1) is 0 Å². The zero-order valence-corrected chi connectivity index (χ0v) is 14.9. The van der Waals surface area contributed by atoms with Crippen LogP contribution in [0.25, 0.3) is 0 Å². The number of aromatic nitrogens is 1. The van der Waals surface area contributed by atoms with E-state index in [1.54, 1.807) is 6.07 Å². The van der Waals surface area contributed by atoms with Crippen LogP contribution < -0.4 is 16.2 Å². The van der Waals surface area contributed by atoms with Crippen molar-refractivity contribution in [1.29, 1.82) is 0 Å². The van der Waals surface area contributed by atoms with Crippen LogP contribution in [0.1, 0.15) is 23.6 Å². The van der Waals surface area contributed by atoms with Crippen LogP contribution in [0.5, 0.6) is 0 Å². The van der Waals surface area contributed by atoms with E-state index in [4.69, 9.17) is 0 Å². The van der Waals surface area contributed by atoms with Gasteiger partial charge in [0.1, 0.15) is 5.69 Å². The highest BCUT2D eigenvalue weighted by Gasteiger charge is 2.33. The Bertz CT molecular complexity index is 862. The largest absolute Gasteiger partial charge is 0.334 e. The molecule has 0 unspecified atom stereocenters. The first kappa shape index (κ1) is 16.8. The molecule has 136 valence electrons. The van der Waals surface area contributed by atoms with Gasteiger partial charge >= 0.3 is 6.03 Å². The zero-order valence-electron chi connectivity index (χ0n) is 14.9. The normalized spacial score (nSPS) is 21.7. The number of amides is 2. The van der Waals surface area contributed by atoms with Gasteiger partial charge in [0.25, 0.3) is 5.56 Å². The van der Waals surface area contributed by atoms with E-state index in [2.05, 4.69) is 22.6 Å². The lowest BCUT2D eigenvalue weighted by Gasteiger charge is -2.41. The summed E-state index contributed by atoms with van der Waals surface area (Å²) in [5, 5.41) is 5.51. The summed E-state index contributed by atoms with van der Waals surface area (Å²) in [7, 11) is 2.14. The molecule has 1 aromatic carbocycles. The third kappa shape index (κ3) is 3.37. The molecule has 26 heavy (non-hydrogen) atoms. The molecule has 1 aromatic heterocycles. The number of urea groups is 1. The molecule has 4 rings (SSSR count). The third-order valence-corrected chi connectivity index (χ3v) is 5.33. The fourth-order valence-electron chi connectivity index (χ4n) is 4.22. The molecular formula is C20H24N4O2. The van der Waals surface area contributed by atoms with Gasteiger partial charge in [-0.15, -0.1) is 0 Å². The van der Waals surface area contributed by atoms with Crippen LogP contribution in [-0.2, 0) is 13.1 Å². The van der Waals surface area contributed by atoms with Crippen LogP contribution in [0.2, 0.25) is 0 Å². The summed E-state index contributed by atoms with van der Waals surface area (Å²) in [6, 6.07) is 13.1. The number of fused-ring (bicyclic) bond motifs is 4. The van der Waals surface area contributed by atoms with Gasteiger partial charge in [-0.05, 0) is 37.1 Å². The number of nitrogens with one attached hydrogen (secondary N) is 2. The van der Waals surface area contributed by atoms with Crippen molar-refractivity contribution >= 4 is 11.7 Å². The minimum atomic E-state index is -0.359. The van der Waals surface area contributed by atoms with Crippen molar-refractivity contribution in [2.24, 2.45) is 5.92 Å². The predicted octanol–water partition coefficient (Wildman–Crippen LogP) is 2.22. The lowest BCUT2D eigenvalue weighted by Crippen LogP contribution is -2.46. The van der Waals surface area contributed by atoms with Crippen molar-refractivity contribution in [3.05, 3.63) is 64.1 Å². The highest BCUT2D eigenvalue weighted by Crippen LogP contribution is 2.34. The Balaban J connectivity index is 1.47. The molecular weight excluding hydrogens is 328 g/mol. The first-order valence-corrected chi connectivity index (χ1v) is 9.11. The Labute approximate surface area is 152 Å². The monoisotopic (exact) mass is 352 g/mol. The van der Waals surface area contributed by atoms with Gasteiger partial charge in [0, 0.05) is 37.8 Å². The second kappa shape index (κ2) is 6.96. The van der Waals surface area contributed by atoms with Gasteiger partial charge in [-0.3, -0.25) is 4.79 Å². The molecule has 0 saturated carbocycles. The number of carbonyl (C=O) groups is 1. The average Bonchev–Trinajstić information content (AvgIpc) is 2.63. The number of likely N-dealkylation sites (tertiary alicyclic amines) is 1. The summed E-state index contributed by atoms with van der Waals surface area (Å²) < 4.78 is 1.86. The highest BCUT2D eigenvalue weighted by molar-refractivity contribution is 5.88. The fraction of sp³-hybridized carbons (Fsp3) is 0.400. The summed E-state index contributed by atoms with van der Waals surface area (Å²) in [5.74, 6) is 0.910. The van der Waals surface area contributed by atoms with E-state index >= 15 is 0 Å². The number of piperidine rings is 1. The Morgan fingerprint density at radius 2 is 1.92 bits per heavy atom. The smallest absolute Gasteiger partial charge is 0.319 e. The van der Waals surface area contributed by atoms with E-state index in [0.717, 1.165) is 37.3 Å². The van der Waals surface area contributed by atoms with Crippen LogP contribution in [0.3, 0.4) is 0 Å². The molecule has 3 heterocycles. The van der Waals surface area contributed by atoms with Gasteiger partial charge in [-0.2, -0.15) is 0 Å². The van der Waals surface area contributed by atoms with Crippen molar-refractivity contribution < 1.29 is 4.79 Å². The quantitative estimate of drug-likeness (QED) is 0.890. The van der Waals surface area contributed by atoms with Crippen molar-refractivity contribution in [1.82, 2.24) is 14.8 Å². The van der Waals surface area contributed by atoms with E-state index in [-0.39, 0.29) is 11.6 Å². The molecule has 2 aliphatic heterocycles. The number of benzene rings is 1. The summed E-state index contributed by atoms with van der Waals surface area (Å²) in [5.41, 5.74) is 2.35. The number of likely N-dealkylation sites (N-methyl/N-ethyl adjacent to an activating group) is 1. The Kier molecular flexibility index (Phi) is 4.51. The molecule has 0 radical (unpaired) electrons. The fourth-order valence-corrected chi connectivity index (χ4v) is 4.22. The van der Waals surface area contributed by atoms with Crippen LogP contribution in [0.4, 0.5) is 10.5 Å². The van der Waals surface area contributed by atoms with Gasteiger partial charge < -0.3 is 20.1 Å². The number of carbonyl (C=O) groups excluding carboxylic acids is 1. The lowest BCUT2D eigenvalue weighted by molar-refractivity contribution is 0.145. The zero-order chi connectivity index (χ0) is 18.1. The molecule has 2 amide bonds. The molecule has 2 bridgehead atoms. The summed E-state index contributed by atoms with van der Waals surface area (Å²) >= 11 is 0. The minimum Gasteiger partial charge on any atom is -0.334 e. The molecule has 2 atom stereocenters. The molecule has 1 fully saturated rings. The van der Waals surface area contributed by atoms with E-state index in [9.17, 15) is 9.59 Å². The maximum atomic E-state index is 12.8. The number of hydrogen-bond acceptors (Lipinski definition) is 3. The summed E-state index contributed by atoms with van der Waals surface area (Å²) in [4.78, 5) is 27.4. The number of pyridine rings is 1. The Hall–Kier alpha value is -2.60. The van der Waals surface area contributed by atoms with Crippen molar-refractivity contribution in [2.75, 3.05) is 25.5 Å². The first-order valence-electron chi connectivity index (χ1n) is 9.11. The summed E-state index contributed by atoms with van der Waals surface area (Å²) in [6.45, 7) is 3.17. The van der Waals surface area contributed by atoms with Gasteiger partial charge in [0.15, 0.2) is 0 Å². The number of hydrogen-bond donors (Lipinski definition) is 2. The number of nitrogens with zero attached hydrogens (tertiary/aromatic N) is 2. The van der Waals surface area contributed by atoms with Crippen LogP contribution in [-0.4, -0.2) is 35.6 Å². The summed E-state index contributed by atoms with van der Waals surface area (Å²) in [6.07, 6.45) is 1.15. The number of rotatable bonds is 3. The molecule has 0 spiro atoms. The first-order chi connectivity index (χ1) is 12.6. The molecule has 2 N–H and O–H groups in total. The standard InChI is InChI=1S/C20H24N4O2/c1-23-11-15-9-16(13-23)18-8-7-17(19(25)24(18)12-15)22-20(26)21-10-14-5-3-2-4-6-14/h2-8,15-16H,9-13H2,1H3,(H2,21,22,26)/t15-,16-/m1/s1. The molecule has 6 nitrogen and oxygen atoms in total. The van der Waals surface area contributed by atoms with Crippen molar-refractivity contribution in [3.63, 3.8) is 0 Å². The SMILES string of the molecule is CN1C[C@H]2C[C@H](C1)c1ccc(NC(=O)NCc3ccccc3)c(=O)n1C2. The number of anilines is 1. The second-order valence-electron chi connectivity index (χ2n) is 7.40. The van der Waals surface area contributed by atoms with Crippen molar-refractivity contribution in [2.45, 2.75) is 25.4 Å². The van der Waals surface area contributed by atoms with Crippen LogP contribution >= 0.6 is 0 Å². The second-order valence-corrected chi connectivity index (χ2v) is 7.40. The van der Waals surface area contributed by atoms with Gasteiger partial charge in [-0.1, -0.05) is 30.3 Å². The highest BCUT2D eigenvalue weighted by atomic mass is 16.2. The van der Waals surface area contributed by atoms with E-state index < -0.39 is 0 Å². The van der Waals surface area contributed by atoms with E-state index in [1.807, 2.05) is 41.0 Å². The van der Waals surface area contributed by atoms with Crippen molar-refractivity contribution in [3.8, 4) is 0 Å². The topological polar surface area (TPSA) is 66.4 Å². The maximum Gasteiger partial charge on any atom is 0.319 e. The molecule has 0 aliphatic carbocycles. The Morgan fingerprint density at radius 3 is 2.73 bits per heavy atom. The predicted molar refractivity (Wildman–Crippen MR) is 101 cm³/mol. The lowest BCUT2D eigenvalue weighted by atomic mass is 9.83. The molecule has 1 saturated heterocycles. The molecule has 6 heteroatoms.